The Labute approximate surface area is 119 Å². The van der Waals surface area contributed by atoms with Crippen LogP contribution in [0.15, 0.2) is 54.6 Å². The van der Waals surface area contributed by atoms with Crippen molar-refractivity contribution >= 4 is 5.91 Å². The van der Waals surface area contributed by atoms with Crippen LogP contribution in [0.25, 0.3) is 0 Å². The van der Waals surface area contributed by atoms with Gasteiger partial charge in [0.15, 0.2) is 0 Å². The first-order valence-electron chi connectivity index (χ1n) is 6.60. The van der Waals surface area contributed by atoms with E-state index in [1.807, 2.05) is 61.6 Å². The summed E-state index contributed by atoms with van der Waals surface area (Å²) < 4.78 is 5.31. The van der Waals surface area contributed by atoms with Crippen LogP contribution in [0, 0.1) is 0 Å². The van der Waals surface area contributed by atoms with Crippen molar-refractivity contribution in [1.29, 1.82) is 0 Å². The normalized spacial score (nSPS) is 10.1. The van der Waals surface area contributed by atoms with E-state index in [9.17, 15) is 4.79 Å². The lowest BCUT2D eigenvalue weighted by molar-refractivity contribution is -0.129. The minimum atomic E-state index is 0.0992. The van der Waals surface area contributed by atoms with E-state index in [1.165, 1.54) is 0 Å². The van der Waals surface area contributed by atoms with Crippen LogP contribution in [0.4, 0.5) is 0 Å². The van der Waals surface area contributed by atoms with Gasteiger partial charge in [-0.3, -0.25) is 4.79 Å². The molecule has 0 aromatic heterocycles. The Morgan fingerprint density at radius 1 is 1.05 bits per heavy atom. The number of benzene rings is 2. The molecule has 2 rings (SSSR count). The summed E-state index contributed by atoms with van der Waals surface area (Å²) >= 11 is 0. The molecule has 0 bridgehead atoms. The molecular formula is C17H19NO2. The van der Waals surface area contributed by atoms with Gasteiger partial charge in [0.25, 0.3) is 0 Å². The number of hydrogen-bond donors (Lipinski definition) is 0. The number of nitrogens with zero attached hydrogens (tertiary/aromatic N) is 1. The van der Waals surface area contributed by atoms with Gasteiger partial charge in [-0.05, 0) is 11.6 Å². The molecule has 0 atom stereocenters. The molecule has 3 heteroatoms. The fourth-order valence-corrected chi connectivity index (χ4v) is 2.08. The lowest BCUT2D eigenvalue weighted by Gasteiger charge is -2.19. The highest BCUT2D eigenvalue weighted by Crippen LogP contribution is 2.19. The van der Waals surface area contributed by atoms with Gasteiger partial charge in [-0.15, -0.1) is 0 Å². The van der Waals surface area contributed by atoms with Gasteiger partial charge in [0.05, 0.1) is 13.5 Å². The first kappa shape index (κ1) is 14.1. The summed E-state index contributed by atoms with van der Waals surface area (Å²) in [6, 6.07) is 17.5. The summed E-state index contributed by atoms with van der Waals surface area (Å²) in [5.74, 6) is 0.911. The SMILES string of the molecule is COc1ccccc1CN(C)C(=O)Cc1ccccc1. The minimum Gasteiger partial charge on any atom is -0.496 e. The third-order valence-electron chi connectivity index (χ3n) is 3.22. The van der Waals surface area contributed by atoms with E-state index in [2.05, 4.69) is 0 Å². The summed E-state index contributed by atoms with van der Waals surface area (Å²) in [5, 5.41) is 0. The van der Waals surface area contributed by atoms with Crippen LogP contribution in [0.5, 0.6) is 5.75 Å². The largest absolute Gasteiger partial charge is 0.496 e. The van der Waals surface area contributed by atoms with Gasteiger partial charge < -0.3 is 9.64 Å². The lowest BCUT2D eigenvalue weighted by atomic mass is 10.1. The maximum atomic E-state index is 12.2. The van der Waals surface area contributed by atoms with Crippen LogP contribution in [0.3, 0.4) is 0 Å². The minimum absolute atomic E-state index is 0.0992. The van der Waals surface area contributed by atoms with Gasteiger partial charge in [0.1, 0.15) is 5.75 Å². The van der Waals surface area contributed by atoms with Crippen molar-refractivity contribution in [3.63, 3.8) is 0 Å². The monoisotopic (exact) mass is 269 g/mol. The molecule has 2 aromatic carbocycles. The molecule has 0 heterocycles. The van der Waals surface area contributed by atoms with Crippen LogP contribution >= 0.6 is 0 Å². The fourth-order valence-electron chi connectivity index (χ4n) is 2.08. The summed E-state index contributed by atoms with van der Waals surface area (Å²) in [6.07, 6.45) is 0.423. The predicted octanol–water partition coefficient (Wildman–Crippen LogP) is 2.90. The number of likely N-dealkylation sites (N-methyl/N-ethyl adjacent to an activating group) is 1. The third kappa shape index (κ3) is 3.60. The molecule has 0 saturated carbocycles. The first-order valence-corrected chi connectivity index (χ1v) is 6.60. The number of amides is 1. The van der Waals surface area contributed by atoms with E-state index in [0.29, 0.717) is 13.0 Å². The molecule has 0 aliphatic heterocycles. The second-order valence-electron chi connectivity index (χ2n) is 4.72. The lowest BCUT2D eigenvalue weighted by Crippen LogP contribution is -2.27. The summed E-state index contributed by atoms with van der Waals surface area (Å²) in [7, 11) is 3.46. The smallest absolute Gasteiger partial charge is 0.227 e. The number of methoxy groups -OCH3 is 1. The summed E-state index contributed by atoms with van der Waals surface area (Å²) in [4.78, 5) is 13.9. The van der Waals surface area contributed by atoms with E-state index >= 15 is 0 Å². The van der Waals surface area contributed by atoms with Crippen LogP contribution < -0.4 is 4.74 Å². The van der Waals surface area contributed by atoms with Crippen molar-refractivity contribution in [3.05, 3.63) is 65.7 Å². The summed E-state index contributed by atoms with van der Waals surface area (Å²) in [5.41, 5.74) is 2.04. The maximum absolute atomic E-state index is 12.2. The molecular weight excluding hydrogens is 250 g/mol. The van der Waals surface area contributed by atoms with Gasteiger partial charge in [-0.2, -0.15) is 0 Å². The van der Waals surface area contributed by atoms with Crippen molar-refractivity contribution in [2.45, 2.75) is 13.0 Å². The molecule has 0 aliphatic carbocycles. The molecule has 0 spiro atoms. The zero-order valence-corrected chi connectivity index (χ0v) is 11.9. The molecule has 0 saturated heterocycles. The molecule has 2 aromatic rings. The molecule has 0 aliphatic rings. The van der Waals surface area contributed by atoms with Crippen LogP contribution in [0.1, 0.15) is 11.1 Å². The van der Waals surface area contributed by atoms with E-state index in [1.54, 1.807) is 12.0 Å². The number of hydrogen-bond acceptors (Lipinski definition) is 2. The van der Waals surface area contributed by atoms with Crippen LogP contribution in [-0.2, 0) is 17.8 Å². The molecule has 0 fully saturated rings. The molecule has 0 radical (unpaired) electrons. The van der Waals surface area contributed by atoms with E-state index in [4.69, 9.17) is 4.74 Å². The number of carbonyl (C=O) groups is 1. The Morgan fingerprint density at radius 2 is 1.70 bits per heavy atom. The standard InChI is InChI=1S/C17H19NO2/c1-18(13-15-10-6-7-11-16(15)20-2)17(19)12-14-8-4-3-5-9-14/h3-11H,12-13H2,1-2H3. The van der Waals surface area contributed by atoms with E-state index in [0.717, 1.165) is 16.9 Å². The maximum Gasteiger partial charge on any atom is 0.227 e. The van der Waals surface area contributed by atoms with Gasteiger partial charge >= 0.3 is 0 Å². The van der Waals surface area contributed by atoms with Gasteiger partial charge in [-0.1, -0.05) is 48.5 Å². The Hall–Kier alpha value is -2.29. The molecule has 20 heavy (non-hydrogen) atoms. The van der Waals surface area contributed by atoms with Gasteiger partial charge in [0, 0.05) is 19.2 Å². The topological polar surface area (TPSA) is 29.5 Å². The molecule has 0 N–H and O–H groups in total. The van der Waals surface area contributed by atoms with Crippen molar-refractivity contribution < 1.29 is 9.53 Å². The van der Waals surface area contributed by atoms with Crippen LogP contribution in [0.2, 0.25) is 0 Å². The zero-order chi connectivity index (χ0) is 14.4. The Bertz CT molecular complexity index is 566. The van der Waals surface area contributed by atoms with E-state index in [-0.39, 0.29) is 5.91 Å². The first-order chi connectivity index (χ1) is 9.70. The highest BCUT2D eigenvalue weighted by Gasteiger charge is 2.12. The van der Waals surface area contributed by atoms with Crippen molar-refractivity contribution in [2.75, 3.05) is 14.2 Å². The molecule has 0 unspecified atom stereocenters. The van der Waals surface area contributed by atoms with Crippen molar-refractivity contribution in [2.24, 2.45) is 0 Å². The molecule has 1 amide bonds. The number of ether oxygens (including phenoxy) is 1. The van der Waals surface area contributed by atoms with Gasteiger partial charge in [0.2, 0.25) is 5.91 Å². The molecule has 3 nitrogen and oxygen atoms in total. The highest BCUT2D eigenvalue weighted by atomic mass is 16.5. The van der Waals surface area contributed by atoms with E-state index < -0.39 is 0 Å². The van der Waals surface area contributed by atoms with Crippen LogP contribution in [-0.4, -0.2) is 25.0 Å². The second kappa shape index (κ2) is 6.75. The second-order valence-corrected chi connectivity index (χ2v) is 4.72. The fraction of sp³-hybridized carbons (Fsp3) is 0.235. The summed E-state index contributed by atoms with van der Waals surface area (Å²) in [6.45, 7) is 0.551. The quantitative estimate of drug-likeness (QED) is 0.835. The van der Waals surface area contributed by atoms with Gasteiger partial charge in [-0.25, -0.2) is 0 Å². The predicted molar refractivity (Wildman–Crippen MR) is 79.6 cm³/mol. The van der Waals surface area contributed by atoms with Crippen molar-refractivity contribution in [3.8, 4) is 5.75 Å². The Morgan fingerprint density at radius 3 is 2.40 bits per heavy atom. The highest BCUT2D eigenvalue weighted by molar-refractivity contribution is 5.78. The van der Waals surface area contributed by atoms with Crippen molar-refractivity contribution in [1.82, 2.24) is 4.90 Å². The number of carbonyl (C=O) groups excluding carboxylic acids is 1. The zero-order valence-electron chi connectivity index (χ0n) is 11.9. The average molecular weight is 269 g/mol. The number of rotatable bonds is 5. The number of para-hydroxylation sites is 1. The average Bonchev–Trinajstić information content (AvgIpc) is 2.48. The third-order valence-corrected chi connectivity index (χ3v) is 3.22. The molecule has 104 valence electrons. The Kier molecular flexibility index (Phi) is 4.77. The Balaban J connectivity index is 2.01.